The van der Waals surface area contributed by atoms with Crippen molar-refractivity contribution in [3.8, 4) is 0 Å². The molecule has 244 valence electrons. The molecule has 1 saturated heterocycles. The van der Waals surface area contributed by atoms with Crippen LogP contribution < -0.4 is 4.90 Å². The predicted molar refractivity (Wildman–Crippen MR) is 164 cm³/mol. The summed E-state index contributed by atoms with van der Waals surface area (Å²) in [4.78, 5) is 29.5. The first kappa shape index (κ1) is 33.2. The summed E-state index contributed by atoms with van der Waals surface area (Å²) in [5, 5.41) is 5.03. The minimum absolute atomic E-state index is 0.0518. The lowest BCUT2D eigenvalue weighted by molar-refractivity contribution is -0.125. The minimum Gasteiger partial charge on any atom is -0.305 e. The molecule has 2 atom stereocenters. The highest BCUT2D eigenvalue weighted by molar-refractivity contribution is 7.98. The Hall–Kier alpha value is -4.17. The number of pyridine rings is 1. The zero-order chi connectivity index (χ0) is 33.2. The molecule has 1 aliphatic carbocycles. The number of aromatic nitrogens is 1. The average Bonchev–Trinajstić information content (AvgIpc) is 3.04. The van der Waals surface area contributed by atoms with E-state index in [0.717, 1.165) is 40.6 Å². The minimum atomic E-state index is -4.34. The highest BCUT2D eigenvalue weighted by Gasteiger charge is 2.45. The summed E-state index contributed by atoms with van der Waals surface area (Å²) < 4.78 is 85.8. The first-order valence-electron chi connectivity index (χ1n) is 14.7. The van der Waals surface area contributed by atoms with Crippen molar-refractivity contribution in [1.82, 2.24) is 14.3 Å². The second-order valence-corrected chi connectivity index (χ2v) is 13.5. The largest absolute Gasteiger partial charge is 0.305 e. The van der Waals surface area contributed by atoms with Crippen molar-refractivity contribution in [1.29, 1.82) is 0 Å². The fourth-order valence-corrected chi connectivity index (χ4v) is 7.73. The van der Waals surface area contributed by atoms with Crippen LogP contribution >= 0.6 is 0 Å². The molecule has 2 amide bonds. The van der Waals surface area contributed by atoms with Gasteiger partial charge in [-0.25, -0.2) is 35.5 Å². The van der Waals surface area contributed by atoms with Crippen LogP contribution in [0.3, 0.4) is 0 Å². The van der Waals surface area contributed by atoms with Gasteiger partial charge >= 0.3 is 0 Å². The Kier molecular flexibility index (Phi) is 9.87. The SMILES string of the molecule is C=S(=O)(c1c(F)c(F)c(F)c(F)c1F)N1CC[C@@H]1C(=O)N(Cc1ccc(C2CCCCC2)cn1)c1cccc(/C=N\N(C)C=O)c1. The predicted octanol–water partition coefficient (Wildman–Crippen LogP) is 5.54. The molecular formula is C32H32F5N5O3S. The van der Waals surface area contributed by atoms with Crippen LogP contribution in [0.4, 0.5) is 27.6 Å². The lowest BCUT2D eigenvalue weighted by atomic mass is 9.85. The molecule has 8 nitrogen and oxygen atoms in total. The maximum Gasteiger partial charge on any atom is 0.245 e. The number of nitrogens with zero attached hydrogens (tertiary/aromatic N) is 5. The van der Waals surface area contributed by atoms with Crippen LogP contribution in [0, 0.1) is 29.1 Å². The molecule has 3 aromatic rings. The van der Waals surface area contributed by atoms with Gasteiger partial charge in [-0.3, -0.25) is 14.6 Å². The third-order valence-electron chi connectivity index (χ3n) is 8.36. The lowest BCUT2D eigenvalue weighted by Gasteiger charge is -2.43. The Morgan fingerprint density at radius 2 is 1.70 bits per heavy atom. The van der Waals surface area contributed by atoms with Crippen molar-refractivity contribution in [2.75, 3.05) is 18.5 Å². The molecule has 0 bridgehead atoms. The molecule has 0 spiro atoms. The number of carbonyl (C=O) groups excluding carboxylic acids is 2. The Morgan fingerprint density at radius 3 is 2.28 bits per heavy atom. The summed E-state index contributed by atoms with van der Waals surface area (Å²) in [6.07, 6.45) is 9.42. The molecule has 1 saturated carbocycles. The van der Waals surface area contributed by atoms with E-state index in [2.05, 4.69) is 16.0 Å². The molecule has 2 aromatic carbocycles. The fourth-order valence-electron chi connectivity index (χ4n) is 5.75. The van der Waals surface area contributed by atoms with Gasteiger partial charge in [0.2, 0.25) is 18.1 Å². The second kappa shape index (κ2) is 13.7. The van der Waals surface area contributed by atoms with E-state index in [1.807, 2.05) is 12.1 Å². The summed E-state index contributed by atoms with van der Waals surface area (Å²) in [5.41, 5.74) is 2.51. The van der Waals surface area contributed by atoms with Gasteiger partial charge in [0.25, 0.3) is 0 Å². The number of halogens is 5. The number of anilines is 1. The Balaban J connectivity index is 1.48. The molecule has 0 radical (unpaired) electrons. The Morgan fingerprint density at radius 1 is 1.02 bits per heavy atom. The maximum absolute atomic E-state index is 14.7. The van der Waals surface area contributed by atoms with Gasteiger partial charge in [0.1, 0.15) is 10.9 Å². The molecule has 1 unspecified atom stereocenters. The van der Waals surface area contributed by atoms with Crippen LogP contribution in [0.5, 0.6) is 0 Å². The number of benzene rings is 2. The number of carbonyl (C=O) groups is 2. The van der Waals surface area contributed by atoms with Gasteiger partial charge in [0.15, 0.2) is 23.3 Å². The molecule has 46 heavy (non-hydrogen) atoms. The smallest absolute Gasteiger partial charge is 0.245 e. The van der Waals surface area contributed by atoms with Gasteiger partial charge in [-0.2, -0.15) is 5.10 Å². The zero-order valence-electron chi connectivity index (χ0n) is 25.0. The van der Waals surface area contributed by atoms with Crippen molar-refractivity contribution in [2.45, 2.75) is 61.9 Å². The third kappa shape index (κ3) is 6.54. The number of amides is 2. The van der Waals surface area contributed by atoms with Crippen molar-refractivity contribution >= 4 is 39.8 Å². The molecule has 0 N–H and O–H groups in total. The first-order chi connectivity index (χ1) is 21.9. The number of hydrogen-bond donors (Lipinski definition) is 0. The standard InChI is InChI=1S/C32H32F5N5O3S/c1-40(19-43)39-16-20-7-6-10-24(15-20)41(18-23-12-11-22(17-38-23)21-8-4-3-5-9-21)32(44)25-13-14-42(25)46(2,45)31-29(36)27(34)26(33)28(35)30(31)37/h6-7,10-12,15-17,19,21,25H,2-5,8-9,13-14,18H2,1H3/b39-16-/t25-,46?/m1/s1. The summed E-state index contributed by atoms with van der Waals surface area (Å²) in [7, 11) is -2.90. The third-order valence-corrected chi connectivity index (χ3v) is 10.5. The van der Waals surface area contributed by atoms with Crippen LogP contribution in [-0.2, 0) is 25.8 Å². The van der Waals surface area contributed by atoms with E-state index in [1.54, 1.807) is 30.5 Å². The average molecular weight is 662 g/mol. The maximum atomic E-state index is 14.7. The van der Waals surface area contributed by atoms with E-state index in [1.165, 1.54) is 24.6 Å². The van der Waals surface area contributed by atoms with Crippen molar-refractivity contribution in [3.63, 3.8) is 0 Å². The van der Waals surface area contributed by atoms with Crippen LogP contribution in [0.25, 0.3) is 0 Å². The number of rotatable bonds is 10. The lowest BCUT2D eigenvalue weighted by Crippen LogP contribution is -2.59. The zero-order valence-corrected chi connectivity index (χ0v) is 25.8. The fraction of sp³-hybridized carbons (Fsp3) is 0.344. The topological polar surface area (TPSA) is 86.2 Å². The van der Waals surface area contributed by atoms with Crippen LogP contribution in [-0.4, -0.2) is 62.5 Å². The number of hydrazone groups is 1. The highest BCUT2D eigenvalue weighted by Crippen LogP contribution is 2.36. The van der Waals surface area contributed by atoms with Crippen molar-refractivity contribution in [3.05, 3.63) is 88.5 Å². The second-order valence-electron chi connectivity index (χ2n) is 11.3. The Bertz CT molecular complexity index is 1740. The summed E-state index contributed by atoms with van der Waals surface area (Å²) >= 11 is 0. The molecule has 1 aliphatic heterocycles. The van der Waals surface area contributed by atoms with Gasteiger partial charge < -0.3 is 4.90 Å². The molecule has 5 rings (SSSR count). The van der Waals surface area contributed by atoms with Crippen LogP contribution in [0.2, 0.25) is 0 Å². The molecule has 2 aliphatic rings. The molecule has 2 heterocycles. The van der Waals surface area contributed by atoms with E-state index >= 15 is 0 Å². The van der Waals surface area contributed by atoms with E-state index in [0.29, 0.717) is 29.3 Å². The van der Waals surface area contributed by atoms with Gasteiger partial charge in [-0.1, -0.05) is 37.5 Å². The highest BCUT2D eigenvalue weighted by atomic mass is 32.2. The van der Waals surface area contributed by atoms with Crippen LogP contribution in [0.15, 0.2) is 52.6 Å². The van der Waals surface area contributed by atoms with E-state index < -0.39 is 55.6 Å². The summed E-state index contributed by atoms with van der Waals surface area (Å²) in [6, 6.07) is 9.10. The molecule has 2 fully saturated rings. The molecule has 14 heteroatoms. The molecular weight excluding hydrogens is 629 g/mol. The normalized spacial score (nSPS) is 18.6. The number of hydrogen-bond acceptors (Lipinski definition) is 5. The molecule has 1 aromatic heterocycles. The van der Waals surface area contributed by atoms with E-state index in [-0.39, 0.29) is 19.5 Å². The van der Waals surface area contributed by atoms with Gasteiger partial charge in [-0.05, 0) is 60.4 Å². The Labute approximate surface area is 263 Å². The summed E-state index contributed by atoms with van der Waals surface area (Å²) in [5.74, 6) is -8.32. The van der Waals surface area contributed by atoms with Gasteiger partial charge in [-0.15, -0.1) is 0 Å². The van der Waals surface area contributed by atoms with Gasteiger partial charge in [0.05, 0.1) is 28.2 Å². The quantitative estimate of drug-likeness (QED) is 0.0543. The van der Waals surface area contributed by atoms with E-state index in [4.69, 9.17) is 0 Å². The van der Waals surface area contributed by atoms with Gasteiger partial charge in [0, 0.05) is 25.5 Å². The summed E-state index contributed by atoms with van der Waals surface area (Å²) in [6.45, 7) is -0.199. The first-order valence-corrected chi connectivity index (χ1v) is 16.4. The van der Waals surface area contributed by atoms with Crippen molar-refractivity contribution < 1.29 is 35.8 Å². The monoisotopic (exact) mass is 661 g/mol. The van der Waals surface area contributed by atoms with Crippen molar-refractivity contribution in [2.24, 2.45) is 5.10 Å². The van der Waals surface area contributed by atoms with Crippen LogP contribution in [0.1, 0.15) is 61.3 Å². The van der Waals surface area contributed by atoms with E-state index in [9.17, 15) is 35.8 Å².